The van der Waals surface area contributed by atoms with Crippen LogP contribution in [0.3, 0.4) is 0 Å². The molecule has 3 aromatic rings. The fourth-order valence-corrected chi connectivity index (χ4v) is 4.38. The molecule has 0 bridgehead atoms. The summed E-state index contributed by atoms with van der Waals surface area (Å²) in [7, 11) is 0. The van der Waals surface area contributed by atoms with E-state index < -0.39 is 5.82 Å². The van der Waals surface area contributed by atoms with Gasteiger partial charge in [0, 0.05) is 29.3 Å². The number of nitrogens with zero attached hydrogens (tertiary/aromatic N) is 2. The molecule has 45 heavy (non-hydrogen) atoms. The number of hydrogen-bond donors (Lipinski definition) is 1. The van der Waals surface area contributed by atoms with E-state index in [0.29, 0.717) is 28.9 Å². The number of carboxylic acid groups (broad SMARTS) is 1. The average molecular weight is 645 g/mol. The zero-order valence-electron chi connectivity index (χ0n) is 28.7. The van der Waals surface area contributed by atoms with Crippen molar-refractivity contribution in [2.45, 2.75) is 106 Å². The van der Waals surface area contributed by atoms with Crippen LogP contribution in [-0.2, 0) is 14.9 Å². The maximum atomic E-state index is 14.1. The Kier molecular flexibility index (Phi) is 15.5. The topological polar surface area (TPSA) is 92.9 Å². The second-order valence-corrected chi connectivity index (χ2v) is 12.9. The third-order valence-electron chi connectivity index (χ3n) is 6.97. The van der Waals surface area contributed by atoms with E-state index in [1.807, 2.05) is 31.7 Å². The molecule has 0 saturated carbocycles. The number of fused-ring (bicyclic) bond motifs is 1. The number of halogens is 2. The van der Waals surface area contributed by atoms with Crippen LogP contribution in [0.25, 0.3) is 22.4 Å². The zero-order chi connectivity index (χ0) is 34.5. The van der Waals surface area contributed by atoms with E-state index >= 15 is 0 Å². The van der Waals surface area contributed by atoms with Gasteiger partial charge in [-0.15, -0.1) is 0 Å². The summed E-state index contributed by atoms with van der Waals surface area (Å²) in [6.45, 7) is 22.9. The third-order valence-corrected chi connectivity index (χ3v) is 7.28. The fraction of sp³-hybridized carbons (Fsp3) is 0.472. The number of hydrogen-bond acceptors (Lipinski definition) is 5. The van der Waals surface area contributed by atoms with Crippen molar-refractivity contribution in [1.29, 1.82) is 0 Å². The van der Waals surface area contributed by atoms with Crippen LogP contribution in [-0.4, -0.2) is 39.5 Å². The summed E-state index contributed by atoms with van der Waals surface area (Å²) < 4.78 is 25.5. The molecular weight excluding hydrogens is 595 g/mol. The number of benzene rings is 1. The minimum atomic E-state index is -0.497. The molecule has 0 radical (unpaired) electrons. The van der Waals surface area contributed by atoms with Gasteiger partial charge < -0.3 is 19.2 Å². The zero-order valence-corrected chi connectivity index (χ0v) is 29.4. The Morgan fingerprint density at radius 1 is 1.09 bits per heavy atom. The SMILES string of the molecule is CC/C=C(\C)OC=C(C)C.CCCN(C(=O)c1cc2nc(-c3ccc(Cl)c(F)c3)cc(C(C)(C)C)c2o1)C(C)(C)CC.O=CO. The first kappa shape index (κ1) is 39.4. The molecule has 0 unspecified atom stereocenters. The first-order valence-corrected chi connectivity index (χ1v) is 15.6. The second kappa shape index (κ2) is 17.7. The Labute approximate surface area is 273 Å². The Hall–Kier alpha value is -3.65. The number of amides is 1. The van der Waals surface area contributed by atoms with E-state index in [-0.39, 0.29) is 34.1 Å². The van der Waals surface area contributed by atoms with Gasteiger partial charge in [0.15, 0.2) is 11.3 Å². The molecule has 9 heteroatoms. The lowest BCUT2D eigenvalue weighted by molar-refractivity contribution is -0.122. The van der Waals surface area contributed by atoms with Gasteiger partial charge >= 0.3 is 0 Å². The molecule has 248 valence electrons. The van der Waals surface area contributed by atoms with Crippen molar-refractivity contribution in [3.05, 3.63) is 76.2 Å². The smallest absolute Gasteiger partial charge is 0.290 e. The van der Waals surface area contributed by atoms with Crippen molar-refractivity contribution in [3.63, 3.8) is 0 Å². The number of ether oxygens (including phenoxy) is 1. The summed E-state index contributed by atoms with van der Waals surface area (Å²) in [5.41, 5.74) is 3.92. The molecule has 1 amide bonds. The van der Waals surface area contributed by atoms with Crippen molar-refractivity contribution in [1.82, 2.24) is 9.88 Å². The Bertz CT molecular complexity index is 1480. The van der Waals surface area contributed by atoms with Gasteiger partial charge in [0.2, 0.25) is 0 Å². The molecule has 7 nitrogen and oxygen atoms in total. The number of aromatic nitrogens is 1. The molecule has 0 aliphatic heterocycles. The Balaban J connectivity index is 0.000000657. The summed E-state index contributed by atoms with van der Waals surface area (Å²) in [5.74, 6) is 0.607. The van der Waals surface area contributed by atoms with Crippen LogP contribution in [0.1, 0.15) is 112 Å². The van der Waals surface area contributed by atoms with Crippen LogP contribution in [0.15, 0.2) is 58.4 Å². The molecule has 0 fully saturated rings. The van der Waals surface area contributed by atoms with Crippen LogP contribution >= 0.6 is 11.6 Å². The van der Waals surface area contributed by atoms with Gasteiger partial charge in [-0.25, -0.2) is 9.37 Å². The molecule has 2 heterocycles. The standard InChI is InChI=1S/C26H32ClFN2O2.C9H16O.CH2O2/c1-8-12-30(26(6,7)9-2)24(31)22-15-21-23(32-22)17(25(3,4)5)14-20(29-21)16-10-11-18(27)19(28)13-16;1-5-6-9(4)10-7-8(2)3;2-1-3/h10-11,13-15H,8-9,12H2,1-7H3;6-7H,5H2,1-4H3;1H,(H,2,3)/b;9-6+;. The van der Waals surface area contributed by atoms with Crippen molar-refractivity contribution in [2.75, 3.05) is 6.54 Å². The quantitative estimate of drug-likeness (QED) is 0.184. The van der Waals surface area contributed by atoms with E-state index in [1.165, 1.54) is 17.7 Å². The minimum absolute atomic E-state index is 0.0663. The molecule has 0 atom stereocenters. The Morgan fingerprint density at radius 3 is 2.20 bits per heavy atom. The molecule has 0 saturated heterocycles. The lowest BCUT2D eigenvalue weighted by atomic mass is 9.86. The predicted molar refractivity (Wildman–Crippen MR) is 182 cm³/mol. The van der Waals surface area contributed by atoms with Gasteiger partial charge in [0.25, 0.3) is 12.4 Å². The maximum absolute atomic E-state index is 14.1. The van der Waals surface area contributed by atoms with Crippen LogP contribution < -0.4 is 0 Å². The number of carbonyl (C=O) groups is 2. The van der Waals surface area contributed by atoms with Crippen LogP contribution in [0.4, 0.5) is 4.39 Å². The number of carbonyl (C=O) groups excluding carboxylic acids is 1. The number of allylic oxidation sites excluding steroid dienone is 3. The molecule has 3 rings (SSSR count). The lowest BCUT2D eigenvalue weighted by Gasteiger charge is -2.37. The molecule has 1 aromatic carbocycles. The molecule has 1 N–H and O–H groups in total. The number of pyridine rings is 1. The fourth-order valence-electron chi connectivity index (χ4n) is 4.26. The summed E-state index contributed by atoms with van der Waals surface area (Å²) in [6, 6.07) is 8.25. The molecule has 0 spiro atoms. The average Bonchev–Trinajstić information content (AvgIpc) is 3.40. The number of rotatable bonds is 9. The largest absolute Gasteiger partial charge is 0.483 e. The van der Waals surface area contributed by atoms with Gasteiger partial charge in [-0.05, 0) is 89.1 Å². The van der Waals surface area contributed by atoms with Crippen molar-refractivity contribution >= 4 is 35.1 Å². The van der Waals surface area contributed by atoms with Gasteiger partial charge in [0.05, 0.1) is 22.7 Å². The third kappa shape index (κ3) is 11.7. The van der Waals surface area contributed by atoms with E-state index in [2.05, 4.69) is 61.5 Å². The molecule has 0 aliphatic rings. The van der Waals surface area contributed by atoms with E-state index in [1.54, 1.807) is 18.4 Å². The van der Waals surface area contributed by atoms with E-state index in [9.17, 15) is 9.18 Å². The highest BCUT2D eigenvalue weighted by Gasteiger charge is 2.32. The van der Waals surface area contributed by atoms with Crippen molar-refractivity contribution in [3.8, 4) is 11.3 Å². The molecule has 0 aliphatic carbocycles. The minimum Gasteiger partial charge on any atom is -0.483 e. The second-order valence-electron chi connectivity index (χ2n) is 12.5. The highest BCUT2D eigenvalue weighted by atomic mass is 35.5. The molecular formula is C36H50ClFN2O5. The summed E-state index contributed by atoms with van der Waals surface area (Å²) in [4.78, 5) is 28.4. The van der Waals surface area contributed by atoms with E-state index in [4.69, 9.17) is 35.6 Å². The summed E-state index contributed by atoms with van der Waals surface area (Å²) >= 11 is 5.86. The first-order chi connectivity index (χ1) is 21.0. The first-order valence-electron chi connectivity index (χ1n) is 15.2. The Morgan fingerprint density at radius 2 is 1.71 bits per heavy atom. The van der Waals surface area contributed by atoms with E-state index in [0.717, 1.165) is 30.6 Å². The lowest BCUT2D eigenvalue weighted by Crippen LogP contribution is -2.47. The number of furan rings is 1. The van der Waals surface area contributed by atoms with Gasteiger partial charge in [0.1, 0.15) is 11.3 Å². The molecule has 2 aromatic heterocycles. The van der Waals surface area contributed by atoms with Gasteiger partial charge in [-0.1, -0.05) is 59.2 Å². The van der Waals surface area contributed by atoms with Gasteiger partial charge in [-0.3, -0.25) is 9.59 Å². The normalized spacial score (nSPS) is 11.5. The van der Waals surface area contributed by atoms with Crippen LogP contribution in [0.5, 0.6) is 0 Å². The highest BCUT2D eigenvalue weighted by Crippen LogP contribution is 2.36. The summed E-state index contributed by atoms with van der Waals surface area (Å²) in [6.07, 6.45) is 6.53. The van der Waals surface area contributed by atoms with Crippen molar-refractivity contribution < 1.29 is 28.2 Å². The predicted octanol–water partition coefficient (Wildman–Crippen LogP) is 10.6. The maximum Gasteiger partial charge on any atom is 0.290 e. The van der Waals surface area contributed by atoms with Crippen LogP contribution in [0.2, 0.25) is 5.02 Å². The highest BCUT2D eigenvalue weighted by molar-refractivity contribution is 6.30. The van der Waals surface area contributed by atoms with Crippen LogP contribution in [0, 0.1) is 5.82 Å². The summed E-state index contributed by atoms with van der Waals surface area (Å²) in [5, 5.41) is 6.96. The van der Waals surface area contributed by atoms with Crippen molar-refractivity contribution in [2.24, 2.45) is 0 Å². The monoisotopic (exact) mass is 644 g/mol. The van der Waals surface area contributed by atoms with Gasteiger partial charge in [-0.2, -0.15) is 0 Å².